The molecule has 0 spiro atoms. The standard InChI is InChI=1S/C19H15N3O6S/c1-12-20-21-19(28-12)29-17(18(23)24)10-14-3-2-4-16(9-14)27-11-13-5-7-15(8-6-13)22(25)26/h2-10H,11H2,1H3,(H,23,24)/b17-10-. The first-order valence-electron chi connectivity index (χ1n) is 8.30. The molecule has 0 fully saturated rings. The molecule has 0 radical (unpaired) electrons. The lowest BCUT2D eigenvalue weighted by Gasteiger charge is -2.07. The Balaban J connectivity index is 1.71. The van der Waals surface area contributed by atoms with Crippen molar-refractivity contribution in [1.29, 1.82) is 0 Å². The van der Waals surface area contributed by atoms with Crippen molar-refractivity contribution in [2.24, 2.45) is 0 Å². The molecule has 0 amide bonds. The zero-order chi connectivity index (χ0) is 20.8. The molecule has 0 aliphatic heterocycles. The molecule has 0 unspecified atom stereocenters. The van der Waals surface area contributed by atoms with Gasteiger partial charge in [-0.2, -0.15) is 0 Å². The topological polar surface area (TPSA) is 129 Å². The molecule has 0 atom stereocenters. The summed E-state index contributed by atoms with van der Waals surface area (Å²) in [6.45, 7) is 1.83. The fraction of sp³-hybridized carbons (Fsp3) is 0.105. The Morgan fingerprint density at radius 3 is 2.66 bits per heavy atom. The average Bonchev–Trinajstić information content (AvgIpc) is 3.11. The van der Waals surface area contributed by atoms with Crippen LogP contribution in [0.25, 0.3) is 6.08 Å². The van der Waals surface area contributed by atoms with Gasteiger partial charge in [0.15, 0.2) is 0 Å². The lowest BCUT2D eigenvalue weighted by atomic mass is 10.2. The van der Waals surface area contributed by atoms with Crippen molar-refractivity contribution >= 4 is 29.5 Å². The minimum atomic E-state index is -1.12. The third-order valence-corrected chi connectivity index (χ3v) is 4.48. The quantitative estimate of drug-likeness (QED) is 0.251. The SMILES string of the molecule is Cc1nnc(S/C(=C\c2cccc(OCc3ccc([N+](=O)[O-])cc3)c2)C(=O)O)o1. The number of nitro groups is 1. The summed E-state index contributed by atoms with van der Waals surface area (Å²) in [5.41, 5.74) is 1.40. The smallest absolute Gasteiger partial charge is 0.342 e. The first-order chi connectivity index (χ1) is 13.9. The van der Waals surface area contributed by atoms with E-state index in [0.717, 1.165) is 17.3 Å². The van der Waals surface area contributed by atoms with Gasteiger partial charge in [0, 0.05) is 19.1 Å². The first kappa shape index (κ1) is 20.1. The molecule has 9 nitrogen and oxygen atoms in total. The Bertz CT molecular complexity index is 1060. The summed E-state index contributed by atoms with van der Waals surface area (Å²) in [6, 6.07) is 13.0. The number of thioether (sulfide) groups is 1. The number of carbonyl (C=O) groups is 1. The van der Waals surface area contributed by atoms with Gasteiger partial charge in [0.05, 0.1) is 4.92 Å². The Morgan fingerprint density at radius 1 is 1.28 bits per heavy atom. The molecule has 3 rings (SSSR count). The number of aryl methyl sites for hydroxylation is 1. The number of hydrogen-bond acceptors (Lipinski definition) is 8. The van der Waals surface area contributed by atoms with Gasteiger partial charge in [-0.3, -0.25) is 10.1 Å². The highest BCUT2D eigenvalue weighted by Crippen LogP contribution is 2.28. The van der Waals surface area contributed by atoms with Gasteiger partial charge in [0.1, 0.15) is 17.3 Å². The zero-order valence-electron chi connectivity index (χ0n) is 15.1. The van der Waals surface area contributed by atoms with Crippen molar-refractivity contribution in [3.05, 3.63) is 80.6 Å². The molecule has 3 aromatic rings. The van der Waals surface area contributed by atoms with Gasteiger partial charge in [-0.05, 0) is 53.2 Å². The largest absolute Gasteiger partial charge is 0.489 e. The van der Waals surface area contributed by atoms with Crippen LogP contribution in [0.3, 0.4) is 0 Å². The molecule has 1 heterocycles. The monoisotopic (exact) mass is 413 g/mol. The molecule has 0 aliphatic carbocycles. The van der Waals surface area contributed by atoms with Crippen molar-refractivity contribution in [3.63, 3.8) is 0 Å². The van der Waals surface area contributed by atoms with E-state index in [9.17, 15) is 20.0 Å². The third-order valence-electron chi connectivity index (χ3n) is 3.62. The summed E-state index contributed by atoms with van der Waals surface area (Å²) in [6.07, 6.45) is 1.48. The number of benzene rings is 2. The van der Waals surface area contributed by atoms with Gasteiger partial charge >= 0.3 is 5.97 Å². The van der Waals surface area contributed by atoms with E-state index in [1.165, 1.54) is 18.2 Å². The number of nitrogens with zero attached hydrogens (tertiary/aromatic N) is 3. The fourth-order valence-electron chi connectivity index (χ4n) is 2.27. The maximum absolute atomic E-state index is 11.5. The van der Waals surface area contributed by atoms with Crippen LogP contribution >= 0.6 is 11.8 Å². The van der Waals surface area contributed by atoms with Gasteiger partial charge in [0.25, 0.3) is 10.9 Å². The number of carboxylic acid groups (broad SMARTS) is 1. The van der Waals surface area contributed by atoms with Gasteiger partial charge in [-0.25, -0.2) is 4.79 Å². The molecule has 0 bridgehead atoms. The number of non-ortho nitro benzene ring substituents is 1. The van der Waals surface area contributed by atoms with Crippen LogP contribution in [0.2, 0.25) is 0 Å². The highest BCUT2D eigenvalue weighted by Gasteiger charge is 2.14. The summed E-state index contributed by atoms with van der Waals surface area (Å²) in [4.78, 5) is 21.8. The van der Waals surface area contributed by atoms with Gasteiger partial charge in [-0.1, -0.05) is 12.1 Å². The van der Waals surface area contributed by atoms with E-state index in [4.69, 9.17) is 9.15 Å². The molecule has 10 heteroatoms. The highest BCUT2D eigenvalue weighted by molar-refractivity contribution is 8.03. The summed E-state index contributed by atoms with van der Waals surface area (Å²) in [5.74, 6) is -0.248. The van der Waals surface area contributed by atoms with Crippen molar-refractivity contribution < 1.29 is 24.0 Å². The maximum atomic E-state index is 11.5. The number of hydrogen-bond donors (Lipinski definition) is 1. The number of ether oxygens (including phenoxy) is 1. The Hall–Kier alpha value is -3.66. The summed E-state index contributed by atoms with van der Waals surface area (Å²) in [7, 11) is 0. The molecular weight excluding hydrogens is 398 g/mol. The van der Waals surface area contributed by atoms with Crippen LogP contribution in [0.1, 0.15) is 17.0 Å². The Morgan fingerprint density at radius 2 is 2.03 bits per heavy atom. The van der Waals surface area contributed by atoms with Crippen LogP contribution in [-0.2, 0) is 11.4 Å². The van der Waals surface area contributed by atoms with Crippen LogP contribution in [0.5, 0.6) is 5.75 Å². The molecule has 1 N–H and O–H groups in total. The van der Waals surface area contributed by atoms with E-state index in [1.54, 1.807) is 43.3 Å². The van der Waals surface area contributed by atoms with Crippen LogP contribution in [0, 0.1) is 17.0 Å². The van der Waals surface area contributed by atoms with Crippen LogP contribution < -0.4 is 4.74 Å². The van der Waals surface area contributed by atoms with E-state index < -0.39 is 10.9 Å². The van der Waals surface area contributed by atoms with Crippen molar-refractivity contribution in [1.82, 2.24) is 10.2 Å². The van der Waals surface area contributed by atoms with E-state index >= 15 is 0 Å². The predicted octanol–water partition coefficient (Wildman–Crippen LogP) is 4.08. The second kappa shape index (κ2) is 9.02. The number of carboxylic acids is 1. The van der Waals surface area contributed by atoms with Gasteiger partial charge < -0.3 is 14.3 Å². The minimum Gasteiger partial charge on any atom is -0.489 e. The molecule has 0 saturated carbocycles. The van der Waals surface area contributed by atoms with Crippen LogP contribution in [-0.4, -0.2) is 26.2 Å². The highest BCUT2D eigenvalue weighted by atomic mass is 32.2. The van der Waals surface area contributed by atoms with Gasteiger partial charge in [0.2, 0.25) is 5.89 Å². The minimum absolute atomic E-state index is 0.0102. The van der Waals surface area contributed by atoms with E-state index in [1.807, 2.05) is 0 Å². The number of aliphatic carboxylic acids is 1. The summed E-state index contributed by atoms with van der Waals surface area (Å²) < 4.78 is 10.9. The number of rotatable bonds is 8. The van der Waals surface area contributed by atoms with Gasteiger partial charge in [-0.15, -0.1) is 10.2 Å². The van der Waals surface area contributed by atoms with Crippen LogP contribution in [0.15, 0.2) is 63.1 Å². The molecular formula is C19H15N3O6S. The van der Waals surface area contributed by atoms with E-state index in [2.05, 4.69) is 10.2 Å². The maximum Gasteiger partial charge on any atom is 0.342 e. The first-order valence-corrected chi connectivity index (χ1v) is 9.11. The fourth-order valence-corrected chi connectivity index (χ4v) is 2.99. The molecule has 148 valence electrons. The average molecular weight is 413 g/mol. The predicted molar refractivity (Wildman–Crippen MR) is 104 cm³/mol. The Labute approximate surface area is 169 Å². The third kappa shape index (κ3) is 5.66. The molecule has 29 heavy (non-hydrogen) atoms. The zero-order valence-corrected chi connectivity index (χ0v) is 16.0. The normalized spacial score (nSPS) is 11.3. The second-order valence-electron chi connectivity index (χ2n) is 5.79. The molecule has 1 aromatic heterocycles. The number of nitro benzene ring substituents is 1. The summed E-state index contributed by atoms with van der Waals surface area (Å²) >= 11 is 0.858. The lowest BCUT2D eigenvalue weighted by molar-refractivity contribution is -0.384. The molecule has 0 aliphatic rings. The van der Waals surface area contributed by atoms with Crippen molar-refractivity contribution in [3.8, 4) is 5.75 Å². The number of aromatic nitrogens is 2. The van der Waals surface area contributed by atoms with Crippen molar-refractivity contribution in [2.45, 2.75) is 18.8 Å². The summed E-state index contributed by atoms with van der Waals surface area (Å²) in [5, 5.41) is 27.7. The molecule has 2 aromatic carbocycles. The molecule has 0 saturated heterocycles. The second-order valence-corrected chi connectivity index (χ2v) is 6.78. The lowest BCUT2D eigenvalue weighted by Crippen LogP contribution is -1.98. The van der Waals surface area contributed by atoms with Crippen molar-refractivity contribution in [2.75, 3.05) is 0 Å². The Kier molecular flexibility index (Phi) is 6.25. The van der Waals surface area contributed by atoms with Crippen LogP contribution in [0.4, 0.5) is 5.69 Å². The van der Waals surface area contributed by atoms with E-state index in [-0.39, 0.29) is 22.4 Å². The van der Waals surface area contributed by atoms with E-state index in [0.29, 0.717) is 17.2 Å².